The average Bonchev–Trinajstić information content (AvgIpc) is 2.26. The van der Waals surface area contributed by atoms with Crippen molar-refractivity contribution in [3.05, 3.63) is 29.3 Å². The molecule has 1 nitrogen and oxygen atoms in total. The molecule has 0 radical (unpaired) electrons. The van der Waals surface area contributed by atoms with E-state index < -0.39 is 5.51 Å². The zero-order valence-corrected chi connectivity index (χ0v) is 12.2. The highest BCUT2D eigenvalue weighted by Crippen LogP contribution is 2.39. The van der Waals surface area contributed by atoms with Crippen LogP contribution in [-0.2, 0) is 6.42 Å². The maximum Gasteiger partial charge on any atom is 0.446 e. The summed E-state index contributed by atoms with van der Waals surface area (Å²) in [5, 5.41) is 0. The van der Waals surface area contributed by atoms with Gasteiger partial charge in [-0.3, -0.25) is 4.79 Å². The van der Waals surface area contributed by atoms with Gasteiger partial charge >= 0.3 is 5.51 Å². The van der Waals surface area contributed by atoms with Gasteiger partial charge in [0.15, 0.2) is 5.78 Å². The lowest BCUT2D eigenvalue weighted by Gasteiger charge is -2.12. The van der Waals surface area contributed by atoms with Crippen molar-refractivity contribution in [3.63, 3.8) is 0 Å². The fourth-order valence-corrected chi connectivity index (χ4v) is 2.45. The molecule has 18 heavy (non-hydrogen) atoms. The number of ketones is 1. The summed E-state index contributed by atoms with van der Waals surface area (Å²) >= 11 is 3.01. The van der Waals surface area contributed by atoms with Gasteiger partial charge in [-0.2, -0.15) is 13.2 Å². The summed E-state index contributed by atoms with van der Waals surface area (Å²) < 4.78 is 37.0. The van der Waals surface area contributed by atoms with Crippen LogP contribution in [0.1, 0.15) is 29.8 Å². The summed E-state index contributed by atoms with van der Waals surface area (Å²) in [6, 6.07) is 4.33. The monoisotopic (exact) mass is 340 g/mol. The second-order valence-electron chi connectivity index (χ2n) is 3.70. The van der Waals surface area contributed by atoms with Crippen molar-refractivity contribution in [2.45, 2.75) is 35.5 Å². The Balaban J connectivity index is 3.08. The third kappa shape index (κ3) is 4.31. The molecule has 0 amide bonds. The van der Waals surface area contributed by atoms with E-state index >= 15 is 0 Å². The van der Waals surface area contributed by atoms with E-state index in [0.29, 0.717) is 17.5 Å². The Morgan fingerprint density at radius 3 is 2.50 bits per heavy atom. The minimum Gasteiger partial charge on any atom is -0.293 e. The molecule has 1 atom stereocenters. The Labute approximate surface area is 116 Å². The minimum absolute atomic E-state index is 0.131. The Hall–Kier alpha value is -0.490. The molecule has 100 valence electrons. The van der Waals surface area contributed by atoms with Crippen LogP contribution in [0.15, 0.2) is 23.1 Å². The second-order valence-corrected chi connectivity index (χ2v) is 6.18. The highest BCUT2D eigenvalue weighted by atomic mass is 79.9. The van der Waals surface area contributed by atoms with Gasteiger partial charge in [0, 0.05) is 10.5 Å². The molecule has 0 aliphatic heterocycles. The number of aryl methyl sites for hydroxylation is 1. The number of benzene rings is 1. The van der Waals surface area contributed by atoms with Gasteiger partial charge in [-0.05, 0) is 42.8 Å². The molecule has 0 bridgehead atoms. The lowest BCUT2D eigenvalue weighted by molar-refractivity contribution is -0.0328. The van der Waals surface area contributed by atoms with Gasteiger partial charge in [-0.25, -0.2) is 0 Å². The SMILES string of the molecule is CCc1cc(C(=O)C(C)Br)ccc1SC(F)(F)F. The lowest BCUT2D eigenvalue weighted by Crippen LogP contribution is -2.10. The first-order valence-corrected chi connectivity index (χ1v) is 7.04. The van der Waals surface area contributed by atoms with Crippen LogP contribution >= 0.6 is 27.7 Å². The third-order valence-corrected chi connectivity index (χ3v) is 3.58. The summed E-state index contributed by atoms with van der Waals surface area (Å²) in [5.74, 6) is -0.131. The first-order chi connectivity index (χ1) is 8.24. The van der Waals surface area contributed by atoms with Crippen molar-refractivity contribution in [2.75, 3.05) is 0 Å². The van der Waals surface area contributed by atoms with Crippen LogP contribution in [0.25, 0.3) is 0 Å². The van der Waals surface area contributed by atoms with Crippen molar-refractivity contribution in [1.29, 1.82) is 0 Å². The van der Waals surface area contributed by atoms with Crippen molar-refractivity contribution < 1.29 is 18.0 Å². The van der Waals surface area contributed by atoms with Gasteiger partial charge in [0.2, 0.25) is 0 Å². The first-order valence-electron chi connectivity index (χ1n) is 5.31. The Kier molecular flexibility index (Phi) is 5.28. The van der Waals surface area contributed by atoms with Crippen LogP contribution in [0, 0.1) is 0 Å². The Morgan fingerprint density at radius 1 is 1.44 bits per heavy atom. The number of hydrogen-bond acceptors (Lipinski definition) is 2. The van der Waals surface area contributed by atoms with Gasteiger partial charge < -0.3 is 0 Å². The number of rotatable bonds is 4. The summed E-state index contributed by atoms with van der Waals surface area (Å²) in [5.41, 5.74) is -3.34. The number of Topliss-reactive ketones (excluding diaryl/α,β-unsaturated/α-hetero) is 1. The van der Waals surface area contributed by atoms with Gasteiger partial charge in [-0.1, -0.05) is 28.9 Å². The van der Waals surface area contributed by atoms with Gasteiger partial charge in [-0.15, -0.1) is 0 Å². The van der Waals surface area contributed by atoms with E-state index in [2.05, 4.69) is 15.9 Å². The molecule has 0 N–H and O–H groups in total. The van der Waals surface area contributed by atoms with Gasteiger partial charge in [0.05, 0.1) is 4.83 Å². The van der Waals surface area contributed by atoms with Gasteiger partial charge in [0.1, 0.15) is 0 Å². The predicted octanol–water partition coefficient (Wildman–Crippen LogP) is 4.83. The molecular formula is C12H12BrF3OS. The fraction of sp³-hybridized carbons (Fsp3) is 0.417. The molecule has 1 rings (SSSR count). The van der Waals surface area contributed by atoms with E-state index in [-0.39, 0.29) is 27.3 Å². The summed E-state index contributed by atoms with van der Waals surface area (Å²) in [6.07, 6.45) is 0.455. The Bertz CT molecular complexity index is 443. The highest BCUT2D eigenvalue weighted by Gasteiger charge is 2.30. The van der Waals surface area contributed by atoms with E-state index in [1.165, 1.54) is 18.2 Å². The molecule has 0 aliphatic rings. The van der Waals surface area contributed by atoms with Crippen LogP contribution in [0.5, 0.6) is 0 Å². The van der Waals surface area contributed by atoms with E-state index in [1.807, 2.05) is 0 Å². The smallest absolute Gasteiger partial charge is 0.293 e. The van der Waals surface area contributed by atoms with Gasteiger partial charge in [0.25, 0.3) is 0 Å². The van der Waals surface area contributed by atoms with Crippen LogP contribution in [-0.4, -0.2) is 16.1 Å². The average molecular weight is 341 g/mol. The Morgan fingerprint density at radius 2 is 2.06 bits per heavy atom. The number of alkyl halides is 4. The summed E-state index contributed by atoms with van der Waals surface area (Å²) in [6.45, 7) is 3.45. The maximum absolute atomic E-state index is 12.3. The lowest BCUT2D eigenvalue weighted by atomic mass is 10.0. The van der Waals surface area contributed by atoms with Crippen molar-refractivity contribution >= 4 is 33.5 Å². The van der Waals surface area contributed by atoms with E-state index in [9.17, 15) is 18.0 Å². The summed E-state index contributed by atoms with van der Waals surface area (Å²) in [4.78, 5) is 11.5. The zero-order chi connectivity index (χ0) is 13.9. The second kappa shape index (κ2) is 6.10. The fourth-order valence-electron chi connectivity index (χ4n) is 1.46. The van der Waals surface area contributed by atoms with E-state index in [1.54, 1.807) is 13.8 Å². The molecule has 0 fully saturated rings. The molecule has 1 aromatic carbocycles. The number of hydrogen-bond donors (Lipinski definition) is 0. The number of carbonyl (C=O) groups is 1. The zero-order valence-electron chi connectivity index (χ0n) is 9.84. The molecule has 0 spiro atoms. The van der Waals surface area contributed by atoms with Crippen LogP contribution in [0.4, 0.5) is 13.2 Å². The third-order valence-electron chi connectivity index (χ3n) is 2.31. The quantitative estimate of drug-likeness (QED) is 0.443. The maximum atomic E-state index is 12.3. The van der Waals surface area contributed by atoms with Crippen molar-refractivity contribution in [2.24, 2.45) is 0 Å². The molecule has 0 saturated heterocycles. The minimum atomic E-state index is -4.31. The van der Waals surface area contributed by atoms with E-state index in [0.717, 1.165) is 0 Å². The predicted molar refractivity (Wildman–Crippen MR) is 70.5 cm³/mol. The molecule has 1 unspecified atom stereocenters. The first kappa shape index (κ1) is 15.6. The largest absolute Gasteiger partial charge is 0.446 e. The van der Waals surface area contributed by atoms with Crippen molar-refractivity contribution in [3.8, 4) is 0 Å². The number of thioether (sulfide) groups is 1. The standard InChI is InChI=1S/C12H12BrF3OS/c1-3-8-6-9(11(17)7(2)13)4-5-10(8)18-12(14,15)16/h4-7H,3H2,1-2H3. The van der Waals surface area contributed by atoms with E-state index in [4.69, 9.17) is 0 Å². The molecule has 1 aromatic rings. The number of halogens is 4. The van der Waals surface area contributed by atoms with Crippen LogP contribution in [0.3, 0.4) is 0 Å². The molecule has 0 aliphatic carbocycles. The normalized spacial score (nSPS) is 13.4. The van der Waals surface area contributed by atoms with Crippen LogP contribution in [0.2, 0.25) is 0 Å². The van der Waals surface area contributed by atoms with Crippen LogP contribution < -0.4 is 0 Å². The molecule has 0 saturated carbocycles. The molecule has 0 aromatic heterocycles. The highest BCUT2D eigenvalue weighted by molar-refractivity contribution is 9.10. The molecule has 0 heterocycles. The topological polar surface area (TPSA) is 17.1 Å². The number of carbonyl (C=O) groups excluding carboxylic acids is 1. The molecular weight excluding hydrogens is 329 g/mol. The molecule has 6 heteroatoms. The summed E-state index contributed by atoms with van der Waals surface area (Å²) in [7, 11) is 0. The van der Waals surface area contributed by atoms with Crippen molar-refractivity contribution in [1.82, 2.24) is 0 Å².